The van der Waals surface area contributed by atoms with Gasteiger partial charge in [-0.25, -0.2) is 4.39 Å². The molecule has 100 valence electrons. The van der Waals surface area contributed by atoms with Gasteiger partial charge in [0.2, 0.25) is 0 Å². The molecule has 2 N–H and O–H groups in total. The third kappa shape index (κ3) is 2.82. The van der Waals surface area contributed by atoms with Crippen molar-refractivity contribution in [3.05, 3.63) is 30.1 Å². The molecule has 0 radical (unpaired) electrons. The maximum absolute atomic E-state index is 13.0. The highest BCUT2D eigenvalue weighted by molar-refractivity contribution is 5.47. The Bertz CT molecular complexity index is 379. The van der Waals surface area contributed by atoms with Gasteiger partial charge in [0.25, 0.3) is 0 Å². The lowest BCUT2D eigenvalue weighted by atomic mass is 10.1. The van der Waals surface area contributed by atoms with Crippen molar-refractivity contribution in [3.8, 4) is 0 Å². The molecule has 0 amide bonds. The molecule has 2 atom stereocenters. The minimum absolute atomic E-state index is 0.186. The van der Waals surface area contributed by atoms with Crippen molar-refractivity contribution in [2.45, 2.75) is 25.4 Å². The summed E-state index contributed by atoms with van der Waals surface area (Å²) in [6.45, 7) is 4.83. The number of hydrogen-bond acceptors (Lipinski definition) is 3. The number of rotatable bonds is 2. The highest BCUT2D eigenvalue weighted by Gasteiger charge is 2.25. The average molecular weight is 251 g/mol. The van der Waals surface area contributed by atoms with E-state index in [-0.39, 0.29) is 5.82 Å². The molecule has 18 heavy (non-hydrogen) atoms. The summed E-state index contributed by atoms with van der Waals surface area (Å²) in [5.74, 6) is -0.186. The number of likely N-dealkylation sites (N-methyl/N-ethyl adjacent to an activating group) is 1. The molecule has 2 unspecified atom stereocenters. The van der Waals surface area contributed by atoms with E-state index in [1.54, 1.807) is 0 Å². The topological polar surface area (TPSA) is 32.5 Å². The van der Waals surface area contributed by atoms with Gasteiger partial charge in [-0.2, -0.15) is 0 Å². The van der Waals surface area contributed by atoms with Gasteiger partial charge in [-0.15, -0.1) is 0 Å². The van der Waals surface area contributed by atoms with Crippen molar-refractivity contribution in [1.82, 2.24) is 4.90 Å². The summed E-state index contributed by atoms with van der Waals surface area (Å²) >= 11 is 0. The average Bonchev–Trinajstić information content (AvgIpc) is 2.51. The van der Waals surface area contributed by atoms with Crippen molar-refractivity contribution in [3.63, 3.8) is 0 Å². The standard InChI is InChI=1S/C14H22FN3/c1-11-7-8-17(2)14(9-16)10-18(11)13-5-3-12(15)4-6-13/h3-6,11,14H,7-10,16H2,1-2H3. The van der Waals surface area contributed by atoms with Crippen LogP contribution < -0.4 is 10.6 Å². The summed E-state index contributed by atoms with van der Waals surface area (Å²) in [5, 5.41) is 0. The molecule has 1 aromatic rings. The zero-order chi connectivity index (χ0) is 13.1. The molecule has 0 aliphatic carbocycles. The molecule has 2 rings (SSSR count). The first-order valence-corrected chi connectivity index (χ1v) is 6.54. The molecule has 1 fully saturated rings. The molecule has 3 nitrogen and oxygen atoms in total. The van der Waals surface area contributed by atoms with Gasteiger partial charge in [-0.1, -0.05) is 0 Å². The molecular weight excluding hydrogens is 229 g/mol. The number of anilines is 1. The van der Waals surface area contributed by atoms with E-state index >= 15 is 0 Å². The Hall–Kier alpha value is -1.13. The van der Waals surface area contributed by atoms with Crippen molar-refractivity contribution >= 4 is 5.69 Å². The van der Waals surface area contributed by atoms with E-state index in [2.05, 4.69) is 23.8 Å². The molecule has 1 heterocycles. The van der Waals surface area contributed by atoms with Crippen LogP contribution in [0, 0.1) is 5.82 Å². The van der Waals surface area contributed by atoms with Crippen LogP contribution in [0.5, 0.6) is 0 Å². The first-order valence-electron chi connectivity index (χ1n) is 6.54. The van der Waals surface area contributed by atoms with Gasteiger partial charge in [-0.05, 0) is 44.7 Å². The second kappa shape index (κ2) is 5.67. The molecule has 1 saturated heterocycles. The van der Waals surface area contributed by atoms with E-state index in [0.717, 1.165) is 25.2 Å². The van der Waals surface area contributed by atoms with Gasteiger partial charge >= 0.3 is 0 Å². The molecule has 1 aromatic carbocycles. The van der Waals surface area contributed by atoms with Gasteiger partial charge in [0, 0.05) is 37.4 Å². The number of halogens is 1. The number of hydrogen-bond donors (Lipinski definition) is 1. The Labute approximate surface area is 108 Å². The van der Waals surface area contributed by atoms with Crippen LogP contribution in [-0.2, 0) is 0 Å². The molecule has 0 spiro atoms. The fourth-order valence-electron chi connectivity index (χ4n) is 2.52. The van der Waals surface area contributed by atoms with Crippen molar-refractivity contribution in [1.29, 1.82) is 0 Å². The zero-order valence-electron chi connectivity index (χ0n) is 11.1. The molecule has 4 heteroatoms. The number of nitrogens with zero attached hydrogens (tertiary/aromatic N) is 2. The van der Waals surface area contributed by atoms with E-state index in [4.69, 9.17) is 5.73 Å². The van der Waals surface area contributed by atoms with Crippen molar-refractivity contribution in [2.24, 2.45) is 5.73 Å². The SMILES string of the molecule is CC1CCN(C)C(CN)CN1c1ccc(F)cc1. The summed E-state index contributed by atoms with van der Waals surface area (Å²) in [7, 11) is 2.12. The maximum Gasteiger partial charge on any atom is 0.123 e. The first-order chi connectivity index (χ1) is 8.61. The van der Waals surface area contributed by atoms with E-state index in [1.165, 1.54) is 12.1 Å². The predicted octanol–water partition coefficient (Wildman–Crippen LogP) is 1.68. The lowest BCUT2D eigenvalue weighted by Gasteiger charge is -2.32. The quantitative estimate of drug-likeness (QED) is 0.868. The van der Waals surface area contributed by atoms with Crippen LogP contribution in [0.4, 0.5) is 10.1 Å². The Morgan fingerprint density at radius 2 is 2.00 bits per heavy atom. The molecule has 1 aliphatic heterocycles. The van der Waals surface area contributed by atoms with E-state index in [0.29, 0.717) is 18.6 Å². The summed E-state index contributed by atoms with van der Waals surface area (Å²) < 4.78 is 13.0. The smallest absolute Gasteiger partial charge is 0.123 e. The highest BCUT2D eigenvalue weighted by atomic mass is 19.1. The fourth-order valence-corrected chi connectivity index (χ4v) is 2.52. The van der Waals surface area contributed by atoms with Crippen LogP contribution in [0.2, 0.25) is 0 Å². The number of nitrogens with two attached hydrogens (primary N) is 1. The molecule has 0 bridgehead atoms. The Morgan fingerprint density at radius 1 is 1.33 bits per heavy atom. The summed E-state index contributed by atoms with van der Waals surface area (Å²) in [6, 6.07) is 7.56. The highest BCUT2D eigenvalue weighted by Crippen LogP contribution is 2.22. The monoisotopic (exact) mass is 251 g/mol. The van der Waals surface area contributed by atoms with E-state index in [9.17, 15) is 4.39 Å². The minimum Gasteiger partial charge on any atom is -0.367 e. The fraction of sp³-hybridized carbons (Fsp3) is 0.571. The van der Waals surface area contributed by atoms with E-state index in [1.807, 2.05) is 12.1 Å². The van der Waals surface area contributed by atoms with Crippen LogP contribution >= 0.6 is 0 Å². The van der Waals surface area contributed by atoms with Gasteiger partial charge < -0.3 is 15.5 Å². The van der Waals surface area contributed by atoms with E-state index < -0.39 is 0 Å². The molecule has 1 aliphatic rings. The Kier molecular flexibility index (Phi) is 4.19. The van der Waals surface area contributed by atoms with Crippen LogP contribution in [0.1, 0.15) is 13.3 Å². The molecule has 0 saturated carbocycles. The summed E-state index contributed by atoms with van der Waals surface area (Å²) in [5.41, 5.74) is 6.93. The largest absolute Gasteiger partial charge is 0.367 e. The first kappa shape index (κ1) is 13.3. The van der Waals surface area contributed by atoms with Gasteiger partial charge in [-0.3, -0.25) is 0 Å². The normalized spacial score (nSPS) is 26.1. The van der Waals surface area contributed by atoms with Gasteiger partial charge in [0.1, 0.15) is 5.82 Å². The number of benzene rings is 1. The molecular formula is C14H22FN3. The van der Waals surface area contributed by atoms with Crippen LogP contribution in [-0.4, -0.2) is 43.7 Å². The van der Waals surface area contributed by atoms with Gasteiger partial charge in [0.05, 0.1) is 0 Å². The maximum atomic E-state index is 13.0. The Balaban J connectivity index is 2.21. The second-order valence-electron chi connectivity index (χ2n) is 5.14. The third-order valence-electron chi connectivity index (χ3n) is 3.89. The lowest BCUT2D eigenvalue weighted by molar-refractivity contribution is 0.265. The third-order valence-corrected chi connectivity index (χ3v) is 3.89. The minimum atomic E-state index is -0.186. The molecule has 0 aromatic heterocycles. The van der Waals surface area contributed by atoms with Crippen LogP contribution in [0.25, 0.3) is 0 Å². The summed E-state index contributed by atoms with van der Waals surface area (Å²) in [4.78, 5) is 4.65. The van der Waals surface area contributed by atoms with Crippen molar-refractivity contribution in [2.75, 3.05) is 31.6 Å². The van der Waals surface area contributed by atoms with Gasteiger partial charge in [0.15, 0.2) is 0 Å². The second-order valence-corrected chi connectivity index (χ2v) is 5.14. The predicted molar refractivity (Wildman–Crippen MR) is 73.3 cm³/mol. The lowest BCUT2D eigenvalue weighted by Crippen LogP contribution is -2.45. The Morgan fingerprint density at radius 3 is 2.61 bits per heavy atom. The van der Waals surface area contributed by atoms with Crippen LogP contribution in [0.15, 0.2) is 24.3 Å². The summed E-state index contributed by atoms with van der Waals surface area (Å²) in [6.07, 6.45) is 1.10. The zero-order valence-corrected chi connectivity index (χ0v) is 11.1. The van der Waals surface area contributed by atoms with Crippen molar-refractivity contribution < 1.29 is 4.39 Å². The van der Waals surface area contributed by atoms with Crippen LogP contribution in [0.3, 0.4) is 0 Å².